The molecule has 0 N–H and O–H groups in total. The predicted octanol–water partition coefficient (Wildman–Crippen LogP) is 5.52. The summed E-state index contributed by atoms with van der Waals surface area (Å²) in [4.78, 5) is 14.0. The molecule has 25 heavy (non-hydrogen) atoms. The molecule has 3 nitrogen and oxygen atoms in total. The summed E-state index contributed by atoms with van der Waals surface area (Å²) in [7, 11) is 0. The van der Waals surface area contributed by atoms with Crippen molar-refractivity contribution in [2.45, 2.75) is 59.0 Å². The fourth-order valence-corrected chi connectivity index (χ4v) is 2.84. The van der Waals surface area contributed by atoms with Crippen molar-refractivity contribution in [3.63, 3.8) is 0 Å². The van der Waals surface area contributed by atoms with Crippen LogP contribution in [0.25, 0.3) is 0 Å². The second kappa shape index (κ2) is 8.89. The summed E-state index contributed by atoms with van der Waals surface area (Å²) >= 11 is 0. The van der Waals surface area contributed by atoms with Crippen molar-refractivity contribution in [1.29, 1.82) is 0 Å². The van der Waals surface area contributed by atoms with E-state index in [0.29, 0.717) is 6.54 Å². The Morgan fingerprint density at radius 1 is 1.24 bits per heavy atom. The molecule has 0 aromatic heterocycles. The molecular formula is C22H31NO2. The Labute approximate surface area is 152 Å². The minimum Gasteiger partial charge on any atom is -0.444 e. The van der Waals surface area contributed by atoms with E-state index < -0.39 is 5.60 Å². The number of rotatable bonds is 5. The van der Waals surface area contributed by atoms with Crippen LogP contribution in [0.3, 0.4) is 0 Å². The van der Waals surface area contributed by atoms with E-state index in [2.05, 4.69) is 49.4 Å². The lowest BCUT2D eigenvalue weighted by Gasteiger charge is -2.30. The van der Waals surface area contributed by atoms with Crippen molar-refractivity contribution in [3.05, 3.63) is 59.2 Å². The Hall–Kier alpha value is -2.03. The van der Waals surface area contributed by atoms with Crippen LogP contribution in [0.2, 0.25) is 0 Å². The third kappa shape index (κ3) is 7.16. The van der Waals surface area contributed by atoms with Crippen LogP contribution in [0.15, 0.2) is 53.6 Å². The van der Waals surface area contributed by atoms with Crippen molar-refractivity contribution < 1.29 is 9.53 Å². The van der Waals surface area contributed by atoms with E-state index in [1.165, 1.54) is 16.7 Å². The third-order valence-corrected chi connectivity index (χ3v) is 4.24. The number of allylic oxidation sites excluding steroid dienone is 2. The van der Waals surface area contributed by atoms with Gasteiger partial charge in [-0.25, -0.2) is 4.79 Å². The van der Waals surface area contributed by atoms with Crippen LogP contribution in [-0.4, -0.2) is 29.7 Å². The number of nitrogens with zero attached hydrogens (tertiary/aromatic N) is 1. The summed E-state index contributed by atoms with van der Waals surface area (Å²) in [5.74, 6) is 0. The number of carbonyl (C=O) groups excluding carboxylic acids is 1. The van der Waals surface area contributed by atoms with E-state index in [1.807, 2.05) is 25.7 Å². The number of benzene rings is 1. The highest BCUT2D eigenvalue weighted by Crippen LogP contribution is 2.18. The normalized spacial score (nSPS) is 15.8. The number of amides is 1. The van der Waals surface area contributed by atoms with Crippen LogP contribution in [0, 0.1) is 0 Å². The van der Waals surface area contributed by atoms with Crippen LogP contribution in [0.4, 0.5) is 4.79 Å². The van der Waals surface area contributed by atoms with E-state index in [4.69, 9.17) is 4.74 Å². The van der Waals surface area contributed by atoms with Gasteiger partial charge in [0.2, 0.25) is 0 Å². The molecule has 1 aliphatic rings. The van der Waals surface area contributed by atoms with Gasteiger partial charge in [0.1, 0.15) is 5.60 Å². The summed E-state index contributed by atoms with van der Waals surface area (Å²) in [6.45, 7) is 9.34. The Bertz CT molecular complexity index is 623. The summed E-state index contributed by atoms with van der Waals surface area (Å²) in [5.41, 5.74) is 3.64. The zero-order chi connectivity index (χ0) is 18.3. The van der Waals surface area contributed by atoms with E-state index in [1.54, 1.807) is 0 Å². The van der Waals surface area contributed by atoms with Crippen LogP contribution in [-0.2, 0) is 11.2 Å². The minimum atomic E-state index is -0.438. The third-order valence-electron chi connectivity index (χ3n) is 4.24. The highest BCUT2D eigenvalue weighted by atomic mass is 16.6. The monoisotopic (exact) mass is 341 g/mol. The Balaban J connectivity index is 1.81. The molecule has 0 bridgehead atoms. The topological polar surface area (TPSA) is 29.5 Å². The zero-order valence-electron chi connectivity index (χ0n) is 16.0. The average Bonchev–Trinajstić information content (AvgIpc) is 2.58. The molecule has 0 aliphatic carbocycles. The lowest BCUT2D eigenvalue weighted by atomic mass is 10.0. The quantitative estimate of drug-likeness (QED) is 0.660. The van der Waals surface area contributed by atoms with E-state index in [0.717, 1.165) is 32.2 Å². The van der Waals surface area contributed by atoms with Gasteiger partial charge in [0.05, 0.1) is 0 Å². The van der Waals surface area contributed by atoms with Crippen LogP contribution < -0.4 is 0 Å². The van der Waals surface area contributed by atoms with Crippen molar-refractivity contribution in [1.82, 2.24) is 4.90 Å². The SMILES string of the molecule is C/C(=C\CC1=CCCN(C(=O)OC(C)(C)C)C1)CCc1ccccc1. The minimum absolute atomic E-state index is 0.206. The molecule has 3 heteroatoms. The van der Waals surface area contributed by atoms with Crippen molar-refractivity contribution in [3.8, 4) is 0 Å². The van der Waals surface area contributed by atoms with Gasteiger partial charge in [-0.15, -0.1) is 0 Å². The first-order valence-electron chi connectivity index (χ1n) is 9.19. The molecule has 0 saturated carbocycles. The van der Waals surface area contributed by atoms with E-state index in [-0.39, 0.29) is 6.09 Å². The summed E-state index contributed by atoms with van der Waals surface area (Å²) < 4.78 is 5.48. The molecule has 0 atom stereocenters. The van der Waals surface area contributed by atoms with E-state index >= 15 is 0 Å². The molecule has 0 fully saturated rings. The summed E-state index contributed by atoms with van der Waals surface area (Å²) in [6, 6.07) is 10.6. The van der Waals surface area contributed by atoms with Gasteiger partial charge < -0.3 is 9.64 Å². The number of carbonyl (C=O) groups is 1. The molecule has 0 saturated heterocycles. The molecule has 1 aliphatic heterocycles. The first-order chi connectivity index (χ1) is 11.8. The fourth-order valence-electron chi connectivity index (χ4n) is 2.84. The van der Waals surface area contributed by atoms with Crippen LogP contribution >= 0.6 is 0 Å². The number of aryl methyl sites for hydroxylation is 1. The van der Waals surface area contributed by atoms with Gasteiger partial charge in [-0.05, 0) is 58.9 Å². The lowest BCUT2D eigenvalue weighted by molar-refractivity contribution is 0.0261. The molecule has 1 aromatic carbocycles. The molecule has 0 spiro atoms. The highest BCUT2D eigenvalue weighted by molar-refractivity contribution is 5.68. The van der Waals surface area contributed by atoms with E-state index in [9.17, 15) is 4.79 Å². The Kier molecular flexibility index (Phi) is 6.86. The average molecular weight is 341 g/mol. The molecular weight excluding hydrogens is 310 g/mol. The smallest absolute Gasteiger partial charge is 0.410 e. The number of hydrogen-bond donors (Lipinski definition) is 0. The number of hydrogen-bond acceptors (Lipinski definition) is 2. The maximum Gasteiger partial charge on any atom is 0.410 e. The Morgan fingerprint density at radius 3 is 2.64 bits per heavy atom. The zero-order valence-corrected chi connectivity index (χ0v) is 16.0. The summed E-state index contributed by atoms with van der Waals surface area (Å²) in [6.07, 6.45) is 8.34. The molecule has 1 heterocycles. The molecule has 136 valence electrons. The lowest BCUT2D eigenvalue weighted by Crippen LogP contribution is -2.39. The first-order valence-corrected chi connectivity index (χ1v) is 9.19. The second-order valence-electron chi connectivity index (χ2n) is 7.79. The Morgan fingerprint density at radius 2 is 1.96 bits per heavy atom. The van der Waals surface area contributed by atoms with Gasteiger partial charge in [0.25, 0.3) is 0 Å². The number of ether oxygens (including phenoxy) is 1. The fraction of sp³-hybridized carbons (Fsp3) is 0.500. The van der Waals surface area contributed by atoms with Crippen LogP contribution in [0.5, 0.6) is 0 Å². The standard InChI is InChI=1S/C22H31NO2/c1-18(12-14-19-9-6-5-7-10-19)13-15-20-11-8-16-23(17-20)21(24)25-22(2,3)4/h5-7,9-11,13H,8,12,14-17H2,1-4H3/b18-13+. The van der Waals surface area contributed by atoms with Crippen molar-refractivity contribution in [2.24, 2.45) is 0 Å². The molecule has 0 radical (unpaired) electrons. The second-order valence-corrected chi connectivity index (χ2v) is 7.79. The van der Waals surface area contributed by atoms with Gasteiger partial charge in [0, 0.05) is 13.1 Å². The molecule has 2 rings (SSSR count). The van der Waals surface area contributed by atoms with Crippen molar-refractivity contribution in [2.75, 3.05) is 13.1 Å². The van der Waals surface area contributed by atoms with Crippen molar-refractivity contribution >= 4 is 6.09 Å². The molecule has 1 amide bonds. The summed E-state index contributed by atoms with van der Waals surface area (Å²) in [5, 5.41) is 0. The molecule has 0 unspecified atom stereocenters. The maximum absolute atomic E-state index is 12.2. The largest absolute Gasteiger partial charge is 0.444 e. The van der Waals surface area contributed by atoms with Crippen LogP contribution in [0.1, 0.15) is 52.5 Å². The van der Waals surface area contributed by atoms with Gasteiger partial charge in [-0.1, -0.05) is 53.6 Å². The predicted molar refractivity (Wildman–Crippen MR) is 104 cm³/mol. The molecule has 1 aromatic rings. The van der Waals surface area contributed by atoms with Gasteiger partial charge in [-0.2, -0.15) is 0 Å². The highest BCUT2D eigenvalue weighted by Gasteiger charge is 2.23. The first kappa shape index (κ1) is 19.3. The van der Waals surface area contributed by atoms with Gasteiger partial charge in [-0.3, -0.25) is 0 Å². The maximum atomic E-state index is 12.2. The van der Waals surface area contributed by atoms with Gasteiger partial charge >= 0.3 is 6.09 Å². The van der Waals surface area contributed by atoms with Gasteiger partial charge in [0.15, 0.2) is 0 Å².